The second kappa shape index (κ2) is 6.27. The fourth-order valence-electron chi connectivity index (χ4n) is 4.49. The van der Waals surface area contributed by atoms with Crippen LogP contribution in [0.25, 0.3) is 11.3 Å². The molecule has 136 valence electrons. The van der Waals surface area contributed by atoms with E-state index in [9.17, 15) is 9.59 Å². The summed E-state index contributed by atoms with van der Waals surface area (Å²) in [5.74, 6) is 1.18. The van der Waals surface area contributed by atoms with Crippen LogP contribution in [0.1, 0.15) is 28.4 Å². The average molecular weight is 360 g/mol. The quantitative estimate of drug-likeness (QED) is 0.704. The highest BCUT2D eigenvalue weighted by Gasteiger charge is 2.37. The topological polar surface area (TPSA) is 55.5 Å². The molecule has 0 saturated carbocycles. The van der Waals surface area contributed by atoms with Gasteiger partial charge in [0.05, 0.1) is 11.8 Å². The van der Waals surface area contributed by atoms with Crippen LogP contribution >= 0.6 is 0 Å². The Balaban J connectivity index is 1.47. The van der Waals surface area contributed by atoms with Gasteiger partial charge in [-0.2, -0.15) is 0 Å². The first-order chi connectivity index (χ1) is 13.2. The summed E-state index contributed by atoms with van der Waals surface area (Å²) in [6.45, 7) is 2.00. The first kappa shape index (κ1) is 16.1. The van der Waals surface area contributed by atoms with Crippen molar-refractivity contribution in [3.05, 3.63) is 82.5 Å². The lowest BCUT2D eigenvalue weighted by atomic mass is 9.82. The van der Waals surface area contributed by atoms with E-state index in [1.165, 1.54) is 0 Å². The Hall–Kier alpha value is -3.08. The van der Waals surface area contributed by atoms with Crippen LogP contribution in [0.4, 0.5) is 0 Å². The first-order valence-corrected chi connectivity index (χ1v) is 9.32. The number of aromatic nitrogens is 1. The number of hydrogen-bond acceptors (Lipinski definition) is 3. The predicted octanol–water partition coefficient (Wildman–Crippen LogP) is 3.37. The van der Waals surface area contributed by atoms with Gasteiger partial charge >= 0.3 is 0 Å². The number of rotatable bonds is 2. The third-order valence-corrected chi connectivity index (χ3v) is 5.70. The van der Waals surface area contributed by atoms with E-state index >= 15 is 0 Å². The maximum Gasteiger partial charge on any atom is 0.261 e. The molecule has 2 atom stereocenters. The van der Waals surface area contributed by atoms with Crippen LogP contribution in [0.5, 0.6) is 0 Å². The zero-order valence-corrected chi connectivity index (χ0v) is 14.9. The van der Waals surface area contributed by atoms with Crippen molar-refractivity contribution in [2.24, 2.45) is 5.92 Å². The molecule has 2 aliphatic heterocycles. The van der Waals surface area contributed by atoms with Crippen molar-refractivity contribution in [1.82, 2.24) is 9.47 Å². The summed E-state index contributed by atoms with van der Waals surface area (Å²) < 4.78 is 7.31. The third-order valence-electron chi connectivity index (χ3n) is 5.70. The van der Waals surface area contributed by atoms with Gasteiger partial charge in [-0.25, -0.2) is 0 Å². The fourth-order valence-corrected chi connectivity index (χ4v) is 4.49. The van der Waals surface area contributed by atoms with Gasteiger partial charge in [0.2, 0.25) is 0 Å². The molecule has 3 aromatic rings. The number of nitrogens with zero attached hydrogens (tertiary/aromatic N) is 2. The molecule has 5 heteroatoms. The number of carbonyl (C=O) groups is 1. The second-order valence-corrected chi connectivity index (χ2v) is 7.44. The largest absolute Gasteiger partial charge is 0.464 e. The van der Waals surface area contributed by atoms with Gasteiger partial charge < -0.3 is 13.9 Å². The van der Waals surface area contributed by atoms with Crippen molar-refractivity contribution in [1.29, 1.82) is 0 Å². The Morgan fingerprint density at radius 2 is 1.81 bits per heavy atom. The molecule has 1 saturated heterocycles. The normalized spacial score (nSPS) is 21.0. The van der Waals surface area contributed by atoms with Gasteiger partial charge in [-0.15, -0.1) is 0 Å². The standard InChI is InChI=1S/C22H20N2O3/c25-21(16-5-2-1-3-6-16)23-12-15-11-17(14-23)19-9-8-18(20-7-4-10-27-20)22(26)24(19)13-15/h1-10,15,17H,11-14H2/t15-,17+/m0/s1. The molecule has 0 radical (unpaired) electrons. The third kappa shape index (κ3) is 2.70. The highest BCUT2D eigenvalue weighted by Crippen LogP contribution is 2.36. The molecule has 1 amide bonds. The number of likely N-dealkylation sites (tertiary alicyclic amines) is 1. The Morgan fingerprint density at radius 1 is 0.963 bits per heavy atom. The molecule has 0 N–H and O–H groups in total. The Kier molecular flexibility index (Phi) is 3.74. The Labute approximate surface area is 156 Å². The maximum absolute atomic E-state index is 13.0. The number of carbonyl (C=O) groups excluding carboxylic acids is 1. The smallest absolute Gasteiger partial charge is 0.261 e. The SMILES string of the molecule is O=C(c1ccccc1)N1C[C@@H]2C[C@H](C1)c1ccc(-c3ccco3)c(=O)n1C2. The summed E-state index contributed by atoms with van der Waals surface area (Å²) in [7, 11) is 0. The van der Waals surface area contributed by atoms with Crippen LogP contribution in [0.15, 0.2) is 70.1 Å². The van der Waals surface area contributed by atoms with Gasteiger partial charge in [0.1, 0.15) is 5.76 Å². The molecule has 0 aliphatic carbocycles. The Morgan fingerprint density at radius 3 is 2.59 bits per heavy atom. The van der Waals surface area contributed by atoms with Crippen molar-refractivity contribution in [2.45, 2.75) is 18.9 Å². The minimum atomic E-state index is -0.0000131. The maximum atomic E-state index is 13.0. The van der Waals surface area contributed by atoms with Gasteiger partial charge in [0.25, 0.3) is 11.5 Å². The van der Waals surface area contributed by atoms with Crippen molar-refractivity contribution < 1.29 is 9.21 Å². The summed E-state index contributed by atoms with van der Waals surface area (Å²) in [5.41, 5.74) is 2.35. The number of benzene rings is 1. The number of pyridine rings is 1. The van der Waals surface area contributed by atoms with Crippen molar-refractivity contribution in [3.63, 3.8) is 0 Å². The van der Waals surface area contributed by atoms with E-state index in [-0.39, 0.29) is 17.4 Å². The molecule has 5 nitrogen and oxygen atoms in total. The molecule has 1 fully saturated rings. The highest BCUT2D eigenvalue weighted by molar-refractivity contribution is 5.94. The van der Waals surface area contributed by atoms with E-state index in [1.54, 1.807) is 12.3 Å². The Bertz CT molecular complexity index is 1040. The van der Waals surface area contributed by atoms with E-state index in [0.717, 1.165) is 17.7 Å². The monoisotopic (exact) mass is 360 g/mol. The van der Waals surface area contributed by atoms with Gasteiger partial charge in [0.15, 0.2) is 0 Å². The van der Waals surface area contributed by atoms with Gasteiger partial charge in [0, 0.05) is 36.8 Å². The number of fused-ring (bicyclic) bond motifs is 4. The van der Waals surface area contributed by atoms with Gasteiger partial charge in [-0.3, -0.25) is 9.59 Å². The number of piperidine rings is 1. The average Bonchev–Trinajstić information content (AvgIpc) is 3.23. The lowest BCUT2D eigenvalue weighted by Crippen LogP contribution is -2.49. The molecule has 2 bridgehead atoms. The van der Waals surface area contributed by atoms with Crippen LogP contribution in [-0.4, -0.2) is 28.5 Å². The summed E-state index contributed by atoms with van der Waals surface area (Å²) >= 11 is 0. The lowest BCUT2D eigenvalue weighted by molar-refractivity contribution is 0.0594. The van der Waals surface area contributed by atoms with Crippen LogP contribution in [0.2, 0.25) is 0 Å². The van der Waals surface area contributed by atoms with Crippen LogP contribution in [0.3, 0.4) is 0 Å². The molecule has 5 rings (SSSR count). The van der Waals surface area contributed by atoms with E-state index in [4.69, 9.17) is 4.42 Å². The minimum Gasteiger partial charge on any atom is -0.464 e. The fraction of sp³-hybridized carbons (Fsp3) is 0.273. The van der Waals surface area contributed by atoms with Crippen LogP contribution < -0.4 is 5.56 Å². The number of furan rings is 1. The molecule has 27 heavy (non-hydrogen) atoms. The molecule has 0 unspecified atom stereocenters. The second-order valence-electron chi connectivity index (χ2n) is 7.44. The van der Waals surface area contributed by atoms with E-state index in [1.807, 2.05) is 58.0 Å². The highest BCUT2D eigenvalue weighted by atomic mass is 16.3. The molecule has 2 aliphatic rings. The molecule has 1 aromatic carbocycles. The van der Waals surface area contributed by atoms with Crippen LogP contribution in [-0.2, 0) is 6.54 Å². The van der Waals surface area contributed by atoms with Crippen molar-refractivity contribution in [3.8, 4) is 11.3 Å². The number of hydrogen-bond donors (Lipinski definition) is 0. The first-order valence-electron chi connectivity index (χ1n) is 9.32. The summed E-state index contributed by atoms with van der Waals surface area (Å²) in [4.78, 5) is 27.8. The van der Waals surface area contributed by atoms with Crippen LogP contribution in [0, 0.1) is 5.92 Å². The minimum absolute atomic E-state index is 0.0000131. The lowest BCUT2D eigenvalue weighted by Gasteiger charge is -2.43. The zero-order valence-electron chi connectivity index (χ0n) is 14.9. The molecule has 2 aromatic heterocycles. The molecular weight excluding hydrogens is 340 g/mol. The van der Waals surface area contributed by atoms with Gasteiger partial charge in [-0.05, 0) is 48.7 Å². The summed E-state index contributed by atoms with van der Waals surface area (Å²) in [6.07, 6.45) is 2.61. The van der Waals surface area contributed by atoms with Crippen molar-refractivity contribution >= 4 is 5.91 Å². The van der Waals surface area contributed by atoms with E-state index in [2.05, 4.69) is 0 Å². The number of amides is 1. The molecule has 0 spiro atoms. The summed E-state index contributed by atoms with van der Waals surface area (Å²) in [5, 5.41) is 0. The summed E-state index contributed by atoms with van der Waals surface area (Å²) in [6, 6.07) is 16.9. The molecular formula is C22H20N2O3. The van der Waals surface area contributed by atoms with E-state index in [0.29, 0.717) is 36.9 Å². The van der Waals surface area contributed by atoms with Crippen molar-refractivity contribution in [2.75, 3.05) is 13.1 Å². The van der Waals surface area contributed by atoms with E-state index < -0.39 is 0 Å². The predicted molar refractivity (Wildman–Crippen MR) is 102 cm³/mol. The molecule has 4 heterocycles. The van der Waals surface area contributed by atoms with Gasteiger partial charge in [-0.1, -0.05) is 18.2 Å². The zero-order chi connectivity index (χ0) is 18.4.